The molecule has 1 aliphatic rings. The van der Waals surface area contributed by atoms with Gasteiger partial charge in [0.15, 0.2) is 0 Å². The summed E-state index contributed by atoms with van der Waals surface area (Å²) < 4.78 is 0. The SMILES string of the molecule is CC1(C)c2ccccc2-c2c(N(c3ccc(-c4ccccc4)cc3)c3nc(-c4ccc(-c5cccc6ccccc56)cc4)c4ccccc4n3)cccc21. The quantitative estimate of drug-likeness (QED) is 0.174. The number of fused-ring (bicyclic) bond motifs is 5. The number of benzene rings is 8. The van der Waals surface area contributed by atoms with Crippen LogP contribution in [0.1, 0.15) is 25.0 Å². The van der Waals surface area contributed by atoms with Crippen molar-refractivity contribution in [2.24, 2.45) is 0 Å². The van der Waals surface area contributed by atoms with Gasteiger partial charge in [-0.05, 0) is 74.0 Å². The van der Waals surface area contributed by atoms with Crippen molar-refractivity contribution < 1.29 is 0 Å². The van der Waals surface area contributed by atoms with Crippen molar-refractivity contribution >= 4 is 39.0 Å². The van der Waals surface area contributed by atoms with Gasteiger partial charge in [-0.15, -0.1) is 0 Å². The van der Waals surface area contributed by atoms with Crippen molar-refractivity contribution in [3.05, 3.63) is 199 Å². The molecule has 0 spiro atoms. The Morgan fingerprint density at radius 1 is 0.426 bits per heavy atom. The van der Waals surface area contributed by atoms with Gasteiger partial charge in [-0.2, -0.15) is 0 Å². The zero-order valence-electron chi connectivity index (χ0n) is 30.2. The third-order valence-corrected chi connectivity index (χ3v) is 11.1. The van der Waals surface area contributed by atoms with Gasteiger partial charge in [-0.25, -0.2) is 9.97 Å². The second-order valence-electron chi connectivity index (χ2n) is 14.6. The summed E-state index contributed by atoms with van der Waals surface area (Å²) in [7, 11) is 0. The molecule has 8 aromatic carbocycles. The first-order chi connectivity index (χ1) is 26.5. The number of hydrogen-bond acceptors (Lipinski definition) is 3. The standard InChI is InChI=1S/C51H37N3/c1-51(2)44-22-10-8-19-42(44)48-45(51)23-13-25-47(48)54(39-32-30-35(31-33-39)34-14-4-3-5-15-34)50-52-46-24-11-9-20-43(46)49(53-50)38-28-26-37(27-29-38)41-21-12-17-36-16-6-7-18-40(36)41/h3-33H,1-2H3. The van der Waals surface area contributed by atoms with Crippen LogP contribution in [0.2, 0.25) is 0 Å². The molecule has 0 saturated heterocycles. The molecule has 0 unspecified atom stereocenters. The van der Waals surface area contributed by atoms with Crippen LogP contribution in [0.3, 0.4) is 0 Å². The number of hydrogen-bond donors (Lipinski definition) is 0. The number of para-hydroxylation sites is 1. The highest BCUT2D eigenvalue weighted by Crippen LogP contribution is 2.54. The Labute approximate surface area is 315 Å². The summed E-state index contributed by atoms with van der Waals surface area (Å²) in [6.07, 6.45) is 0. The van der Waals surface area contributed by atoms with Crippen LogP contribution in [0.25, 0.3) is 66.3 Å². The first-order valence-corrected chi connectivity index (χ1v) is 18.6. The van der Waals surface area contributed by atoms with E-state index in [9.17, 15) is 0 Å². The molecule has 54 heavy (non-hydrogen) atoms. The van der Waals surface area contributed by atoms with E-state index < -0.39 is 0 Å². The van der Waals surface area contributed by atoms with E-state index in [-0.39, 0.29) is 5.41 Å². The lowest BCUT2D eigenvalue weighted by Gasteiger charge is -2.28. The predicted molar refractivity (Wildman–Crippen MR) is 226 cm³/mol. The number of anilines is 3. The minimum absolute atomic E-state index is 0.147. The number of rotatable bonds is 6. The minimum Gasteiger partial charge on any atom is -0.279 e. The molecular weight excluding hydrogens is 655 g/mol. The van der Waals surface area contributed by atoms with E-state index >= 15 is 0 Å². The summed E-state index contributed by atoms with van der Waals surface area (Å²) in [4.78, 5) is 13.1. The van der Waals surface area contributed by atoms with Gasteiger partial charge in [-0.3, -0.25) is 4.90 Å². The average Bonchev–Trinajstić information content (AvgIpc) is 3.47. The first-order valence-electron chi connectivity index (χ1n) is 18.6. The fraction of sp³-hybridized carbons (Fsp3) is 0.0588. The monoisotopic (exact) mass is 691 g/mol. The Bertz CT molecular complexity index is 2830. The second-order valence-corrected chi connectivity index (χ2v) is 14.6. The number of nitrogens with zero attached hydrogens (tertiary/aromatic N) is 3. The fourth-order valence-corrected chi connectivity index (χ4v) is 8.39. The Hall–Kier alpha value is -6.84. The lowest BCUT2D eigenvalue weighted by molar-refractivity contribution is 0.660. The molecule has 0 bridgehead atoms. The molecule has 10 rings (SSSR count). The average molecular weight is 692 g/mol. The van der Waals surface area contributed by atoms with E-state index in [0.717, 1.165) is 39.1 Å². The summed E-state index contributed by atoms with van der Waals surface area (Å²) in [5.41, 5.74) is 14.6. The van der Waals surface area contributed by atoms with Crippen LogP contribution in [-0.4, -0.2) is 9.97 Å². The van der Waals surface area contributed by atoms with E-state index in [2.05, 4.69) is 207 Å². The van der Waals surface area contributed by atoms with Crippen molar-refractivity contribution in [2.45, 2.75) is 19.3 Å². The molecule has 1 heterocycles. The van der Waals surface area contributed by atoms with Crippen LogP contribution in [0, 0.1) is 0 Å². The van der Waals surface area contributed by atoms with Crippen molar-refractivity contribution in [1.82, 2.24) is 9.97 Å². The topological polar surface area (TPSA) is 29.0 Å². The van der Waals surface area contributed by atoms with Crippen LogP contribution in [0.4, 0.5) is 17.3 Å². The molecule has 256 valence electrons. The molecule has 9 aromatic rings. The molecule has 0 radical (unpaired) electrons. The van der Waals surface area contributed by atoms with Crippen LogP contribution in [0.5, 0.6) is 0 Å². The second kappa shape index (κ2) is 12.7. The van der Waals surface area contributed by atoms with Gasteiger partial charge < -0.3 is 0 Å². The lowest BCUT2D eigenvalue weighted by atomic mass is 9.82. The van der Waals surface area contributed by atoms with E-state index in [4.69, 9.17) is 9.97 Å². The highest BCUT2D eigenvalue weighted by atomic mass is 15.3. The molecule has 0 atom stereocenters. The summed E-state index contributed by atoms with van der Waals surface area (Å²) in [5.74, 6) is 0.630. The highest BCUT2D eigenvalue weighted by Gasteiger charge is 2.38. The van der Waals surface area contributed by atoms with Crippen molar-refractivity contribution in [3.8, 4) is 44.6 Å². The fourth-order valence-electron chi connectivity index (χ4n) is 8.39. The third-order valence-electron chi connectivity index (χ3n) is 11.1. The van der Waals surface area contributed by atoms with E-state index in [1.807, 2.05) is 0 Å². The predicted octanol–water partition coefficient (Wildman–Crippen LogP) is 13.6. The molecule has 0 fully saturated rings. The zero-order chi connectivity index (χ0) is 36.2. The Kier molecular flexibility index (Phi) is 7.48. The van der Waals surface area contributed by atoms with Gasteiger partial charge >= 0.3 is 0 Å². The summed E-state index contributed by atoms with van der Waals surface area (Å²) >= 11 is 0. The van der Waals surface area contributed by atoms with Crippen molar-refractivity contribution in [1.29, 1.82) is 0 Å². The zero-order valence-corrected chi connectivity index (χ0v) is 30.2. The molecule has 3 heteroatoms. The molecule has 0 N–H and O–H groups in total. The number of aromatic nitrogens is 2. The molecule has 1 aliphatic carbocycles. The van der Waals surface area contributed by atoms with Gasteiger partial charge in [0.1, 0.15) is 0 Å². The maximum absolute atomic E-state index is 5.49. The molecule has 1 aromatic heterocycles. The smallest absolute Gasteiger partial charge is 0.235 e. The molecule has 0 amide bonds. The lowest BCUT2D eigenvalue weighted by Crippen LogP contribution is -2.17. The molecule has 0 aliphatic heterocycles. The molecular formula is C51H37N3. The summed E-state index contributed by atoms with van der Waals surface area (Å²) in [6.45, 7) is 4.65. The van der Waals surface area contributed by atoms with Gasteiger partial charge in [0.25, 0.3) is 0 Å². The maximum Gasteiger partial charge on any atom is 0.235 e. The van der Waals surface area contributed by atoms with Crippen LogP contribution < -0.4 is 4.90 Å². The van der Waals surface area contributed by atoms with Crippen molar-refractivity contribution in [3.63, 3.8) is 0 Å². The Morgan fingerprint density at radius 2 is 1.02 bits per heavy atom. The van der Waals surface area contributed by atoms with E-state index in [0.29, 0.717) is 5.95 Å². The van der Waals surface area contributed by atoms with Crippen molar-refractivity contribution in [2.75, 3.05) is 4.90 Å². The van der Waals surface area contributed by atoms with Crippen LogP contribution >= 0.6 is 0 Å². The van der Waals surface area contributed by atoms with Gasteiger partial charge in [0.2, 0.25) is 5.95 Å². The van der Waals surface area contributed by atoms with Crippen LogP contribution in [0.15, 0.2) is 188 Å². The molecule has 0 saturated carbocycles. The van der Waals surface area contributed by atoms with Gasteiger partial charge in [0, 0.05) is 27.6 Å². The van der Waals surface area contributed by atoms with Gasteiger partial charge in [-0.1, -0.05) is 178 Å². The first kappa shape index (κ1) is 31.9. The third kappa shape index (κ3) is 5.20. The summed E-state index contributed by atoms with van der Waals surface area (Å²) in [5, 5.41) is 3.50. The normalized spacial score (nSPS) is 12.8. The Balaban J connectivity index is 1.17. The van der Waals surface area contributed by atoms with Crippen LogP contribution in [-0.2, 0) is 5.41 Å². The van der Waals surface area contributed by atoms with E-state index in [1.165, 1.54) is 49.7 Å². The highest BCUT2D eigenvalue weighted by molar-refractivity contribution is 5.99. The largest absolute Gasteiger partial charge is 0.279 e. The molecule has 3 nitrogen and oxygen atoms in total. The van der Waals surface area contributed by atoms with E-state index in [1.54, 1.807) is 0 Å². The maximum atomic E-state index is 5.49. The Morgan fingerprint density at radius 3 is 1.85 bits per heavy atom. The summed E-state index contributed by atoms with van der Waals surface area (Å²) in [6, 6.07) is 67.1. The minimum atomic E-state index is -0.147. The van der Waals surface area contributed by atoms with Gasteiger partial charge in [0.05, 0.1) is 16.9 Å².